The highest BCUT2D eigenvalue weighted by Crippen LogP contribution is 2.25. The summed E-state index contributed by atoms with van der Waals surface area (Å²) < 4.78 is 5.43. The van der Waals surface area contributed by atoms with Crippen molar-refractivity contribution in [3.8, 4) is 5.88 Å². The fourth-order valence-corrected chi connectivity index (χ4v) is 1.56. The van der Waals surface area contributed by atoms with Crippen LogP contribution in [0.2, 0.25) is 0 Å². The predicted octanol–water partition coefficient (Wildman–Crippen LogP) is 1.56. The Bertz CT molecular complexity index is 485. The molecule has 118 valence electrons. The number of carbonyl (C=O) groups is 1. The molecular formula is C14H25N5O2. The first-order valence-corrected chi connectivity index (χ1v) is 7.06. The Labute approximate surface area is 125 Å². The fourth-order valence-electron chi connectivity index (χ4n) is 1.56. The average Bonchev–Trinajstić information content (AvgIpc) is 2.37. The maximum absolute atomic E-state index is 12.0. The predicted molar refractivity (Wildman–Crippen MR) is 83.2 cm³/mol. The summed E-state index contributed by atoms with van der Waals surface area (Å²) >= 11 is 0. The summed E-state index contributed by atoms with van der Waals surface area (Å²) in [4.78, 5) is 20.1. The van der Waals surface area contributed by atoms with Crippen LogP contribution in [0, 0.1) is 0 Å². The molecule has 0 radical (unpaired) electrons. The molecule has 1 unspecified atom stereocenters. The van der Waals surface area contributed by atoms with Crippen molar-refractivity contribution in [1.29, 1.82) is 0 Å². The van der Waals surface area contributed by atoms with Crippen LogP contribution in [0.25, 0.3) is 0 Å². The number of rotatable bonds is 6. The molecule has 0 saturated heterocycles. The summed E-state index contributed by atoms with van der Waals surface area (Å²) in [6, 6.07) is -0.472. The van der Waals surface area contributed by atoms with Gasteiger partial charge in [0.05, 0.1) is 6.61 Å². The monoisotopic (exact) mass is 295 g/mol. The van der Waals surface area contributed by atoms with Crippen LogP contribution in [0.5, 0.6) is 5.88 Å². The number of nitrogens with one attached hydrogen (secondary N) is 2. The van der Waals surface area contributed by atoms with Crippen LogP contribution in [-0.4, -0.2) is 34.1 Å². The first kappa shape index (κ1) is 17.0. The van der Waals surface area contributed by atoms with Crippen molar-refractivity contribution >= 4 is 17.4 Å². The Hall–Kier alpha value is -2.05. The number of anilines is 2. The van der Waals surface area contributed by atoms with E-state index in [1.54, 1.807) is 6.92 Å². The number of amides is 1. The van der Waals surface area contributed by atoms with Gasteiger partial charge in [-0.25, -0.2) is 4.98 Å². The van der Waals surface area contributed by atoms with E-state index in [1.807, 2.05) is 27.7 Å². The molecule has 1 aromatic heterocycles. The van der Waals surface area contributed by atoms with Crippen LogP contribution >= 0.6 is 0 Å². The number of aromatic nitrogens is 2. The van der Waals surface area contributed by atoms with E-state index in [0.717, 1.165) is 6.42 Å². The minimum absolute atomic E-state index is 0.128. The Kier molecular flexibility index (Phi) is 5.75. The molecule has 7 nitrogen and oxygen atoms in total. The van der Waals surface area contributed by atoms with Crippen LogP contribution in [0.1, 0.15) is 41.0 Å². The van der Waals surface area contributed by atoms with Crippen LogP contribution in [0.4, 0.5) is 11.5 Å². The fraction of sp³-hybridized carbons (Fsp3) is 0.643. The van der Waals surface area contributed by atoms with Crippen LogP contribution in [-0.2, 0) is 4.79 Å². The summed E-state index contributed by atoms with van der Waals surface area (Å²) in [5, 5.41) is 5.87. The van der Waals surface area contributed by atoms with E-state index in [9.17, 15) is 4.79 Å². The molecule has 1 amide bonds. The maximum Gasteiger partial charge on any atom is 0.242 e. The molecule has 0 aliphatic carbocycles. The standard InChI is InChI=1S/C14H25N5O2/c1-6-7-21-13-10(15)11(16-8-17-13)18-9(2)12(20)19-14(3,4)5/h8-9H,6-7,15H2,1-5H3,(H,19,20)(H,16,17,18). The lowest BCUT2D eigenvalue weighted by Crippen LogP contribution is -2.47. The van der Waals surface area contributed by atoms with E-state index in [0.29, 0.717) is 24.0 Å². The number of nitrogens with two attached hydrogens (primary N) is 1. The Morgan fingerprint density at radius 1 is 1.43 bits per heavy atom. The maximum atomic E-state index is 12.0. The van der Waals surface area contributed by atoms with Gasteiger partial charge >= 0.3 is 0 Å². The highest BCUT2D eigenvalue weighted by molar-refractivity contribution is 5.85. The largest absolute Gasteiger partial charge is 0.476 e. The second-order valence-electron chi connectivity index (χ2n) is 5.89. The van der Waals surface area contributed by atoms with Gasteiger partial charge in [0.1, 0.15) is 18.1 Å². The highest BCUT2D eigenvalue weighted by atomic mass is 16.5. The SMILES string of the molecule is CCCOc1ncnc(NC(C)C(=O)NC(C)(C)C)c1N. The van der Waals surface area contributed by atoms with E-state index in [-0.39, 0.29) is 11.4 Å². The zero-order chi connectivity index (χ0) is 16.0. The molecule has 1 aromatic rings. The molecular weight excluding hydrogens is 270 g/mol. The average molecular weight is 295 g/mol. The summed E-state index contributed by atoms with van der Waals surface area (Å²) in [6.07, 6.45) is 2.22. The topological polar surface area (TPSA) is 102 Å². The summed E-state index contributed by atoms with van der Waals surface area (Å²) in [5.41, 5.74) is 5.97. The molecule has 0 aromatic carbocycles. The van der Waals surface area contributed by atoms with E-state index in [2.05, 4.69) is 20.6 Å². The molecule has 0 fully saturated rings. The number of nitrogens with zero attached hydrogens (tertiary/aromatic N) is 2. The molecule has 0 bridgehead atoms. The normalized spacial score (nSPS) is 12.6. The van der Waals surface area contributed by atoms with Crippen molar-refractivity contribution in [2.24, 2.45) is 0 Å². The lowest BCUT2D eigenvalue weighted by molar-refractivity contribution is -0.122. The molecule has 1 atom stereocenters. The van der Waals surface area contributed by atoms with Crippen molar-refractivity contribution in [2.45, 2.75) is 52.6 Å². The number of hydrogen-bond acceptors (Lipinski definition) is 6. The van der Waals surface area contributed by atoms with Crippen molar-refractivity contribution < 1.29 is 9.53 Å². The van der Waals surface area contributed by atoms with Gasteiger partial charge in [-0.05, 0) is 34.1 Å². The molecule has 0 spiro atoms. The number of carbonyl (C=O) groups excluding carboxylic acids is 1. The van der Waals surface area contributed by atoms with Crippen molar-refractivity contribution in [3.05, 3.63) is 6.33 Å². The molecule has 0 aliphatic heterocycles. The second kappa shape index (κ2) is 7.10. The number of nitrogen functional groups attached to an aromatic ring is 1. The van der Waals surface area contributed by atoms with Crippen LogP contribution < -0.4 is 21.1 Å². The minimum atomic E-state index is -0.472. The molecule has 0 aliphatic rings. The first-order valence-electron chi connectivity index (χ1n) is 7.06. The Morgan fingerprint density at radius 3 is 2.67 bits per heavy atom. The molecule has 1 rings (SSSR count). The third-order valence-electron chi connectivity index (χ3n) is 2.53. The van der Waals surface area contributed by atoms with Gasteiger partial charge in [-0.15, -0.1) is 0 Å². The minimum Gasteiger partial charge on any atom is -0.476 e. The van der Waals surface area contributed by atoms with Gasteiger partial charge in [0.25, 0.3) is 0 Å². The molecule has 7 heteroatoms. The van der Waals surface area contributed by atoms with Crippen molar-refractivity contribution in [3.63, 3.8) is 0 Å². The van der Waals surface area contributed by atoms with Crippen molar-refractivity contribution in [2.75, 3.05) is 17.7 Å². The van der Waals surface area contributed by atoms with E-state index in [4.69, 9.17) is 10.5 Å². The summed E-state index contributed by atoms with van der Waals surface area (Å²) in [7, 11) is 0. The van der Waals surface area contributed by atoms with Gasteiger partial charge in [0.2, 0.25) is 11.8 Å². The number of ether oxygens (including phenoxy) is 1. The summed E-state index contributed by atoms with van der Waals surface area (Å²) in [5.74, 6) is 0.599. The molecule has 21 heavy (non-hydrogen) atoms. The lowest BCUT2D eigenvalue weighted by atomic mass is 10.1. The van der Waals surface area contributed by atoms with Gasteiger partial charge in [0.15, 0.2) is 5.82 Å². The van der Waals surface area contributed by atoms with Gasteiger partial charge in [-0.1, -0.05) is 6.92 Å². The van der Waals surface area contributed by atoms with Gasteiger partial charge < -0.3 is 21.1 Å². The van der Waals surface area contributed by atoms with Crippen LogP contribution in [0.15, 0.2) is 6.33 Å². The van der Waals surface area contributed by atoms with Crippen molar-refractivity contribution in [1.82, 2.24) is 15.3 Å². The molecule has 0 saturated carbocycles. The van der Waals surface area contributed by atoms with Gasteiger partial charge in [-0.3, -0.25) is 4.79 Å². The van der Waals surface area contributed by atoms with E-state index >= 15 is 0 Å². The molecule has 4 N–H and O–H groups in total. The smallest absolute Gasteiger partial charge is 0.242 e. The Balaban J connectivity index is 2.76. The van der Waals surface area contributed by atoms with E-state index in [1.165, 1.54) is 6.33 Å². The van der Waals surface area contributed by atoms with Crippen LogP contribution in [0.3, 0.4) is 0 Å². The third kappa shape index (κ3) is 5.45. The lowest BCUT2D eigenvalue weighted by Gasteiger charge is -2.24. The van der Waals surface area contributed by atoms with Gasteiger partial charge in [-0.2, -0.15) is 4.98 Å². The third-order valence-corrected chi connectivity index (χ3v) is 2.53. The molecule has 1 heterocycles. The van der Waals surface area contributed by atoms with E-state index < -0.39 is 6.04 Å². The second-order valence-corrected chi connectivity index (χ2v) is 5.89. The zero-order valence-electron chi connectivity index (χ0n) is 13.4. The summed E-state index contributed by atoms with van der Waals surface area (Å²) in [6.45, 7) is 10.0. The zero-order valence-corrected chi connectivity index (χ0v) is 13.4. The highest BCUT2D eigenvalue weighted by Gasteiger charge is 2.20. The Morgan fingerprint density at radius 2 is 2.10 bits per heavy atom. The number of hydrogen-bond donors (Lipinski definition) is 3. The van der Waals surface area contributed by atoms with Gasteiger partial charge in [0, 0.05) is 5.54 Å². The first-order chi connectivity index (χ1) is 9.74. The quantitative estimate of drug-likeness (QED) is 0.736.